The summed E-state index contributed by atoms with van der Waals surface area (Å²) in [4.78, 5) is 16.4. The van der Waals surface area contributed by atoms with Crippen molar-refractivity contribution in [3.63, 3.8) is 0 Å². The van der Waals surface area contributed by atoms with Crippen LogP contribution in [0.25, 0.3) is 0 Å². The van der Waals surface area contributed by atoms with E-state index >= 15 is 0 Å². The second-order valence-electron chi connectivity index (χ2n) is 4.06. The van der Waals surface area contributed by atoms with Gasteiger partial charge in [0.25, 0.3) is 5.91 Å². The predicted molar refractivity (Wildman–Crippen MR) is 68.9 cm³/mol. The van der Waals surface area contributed by atoms with Crippen LogP contribution in [0.4, 0.5) is 0 Å². The van der Waals surface area contributed by atoms with E-state index in [0.717, 1.165) is 12.0 Å². The van der Waals surface area contributed by atoms with Crippen molar-refractivity contribution in [1.29, 1.82) is 0 Å². The molecule has 1 N–H and O–H groups in total. The Morgan fingerprint density at radius 1 is 1.56 bits per heavy atom. The lowest BCUT2D eigenvalue weighted by Gasteiger charge is -2.15. The fourth-order valence-electron chi connectivity index (χ4n) is 1.56. The minimum atomic E-state index is -0.0984. The Labute approximate surface area is 105 Å². The van der Waals surface area contributed by atoms with E-state index in [1.54, 1.807) is 6.20 Å². The van der Waals surface area contributed by atoms with Gasteiger partial charge >= 0.3 is 0 Å². The molecule has 1 heterocycles. The van der Waals surface area contributed by atoms with E-state index in [4.69, 9.17) is 0 Å². The Morgan fingerprint density at radius 2 is 2.25 bits per heavy atom. The van der Waals surface area contributed by atoms with Crippen molar-refractivity contribution < 1.29 is 4.79 Å². The van der Waals surface area contributed by atoms with Crippen molar-refractivity contribution >= 4 is 21.8 Å². The second-order valence-corrected chi connectivity index (χ2v) is 5.62. The summed E-state index contributed by atoms with van der Waals surface area (Å²) in [5, 5.41) is 2.94. The first-order chi connectivity index (χ1) is 7.50. The first-order valence-electron chi connectivity index (χ1n) is 5.37. The Morgan fingerprint density at radius 3 is 2.81 bits per heavy atom. The van der Waals surface area contributed by atoms with E-state index in [1.807, 2.05) is 26.0 Å². The van der Waals surface area contributed by atoms with Crippen LogP contribution in [0, 0.1) is 6.92 Å². The zero-order valence-electron chi connectivity index (χ0n) is 9.83. The number of nitrogens with one attached hydrogen (secondary N) is 1. The minimum Gasteiger partial charge on any atom is -0.348 e. The number of carbonyl (C=O) groups excluding carboxylic acids is 1. The topological polar surface area (TPSA) is 42.0 Å². The number of rotatable bonds is 4. The molecule has 1 aromatic rings. The van der Waals surface area contributed by atoms with Crippen LogP contribution in [0.3, 0.4) is 0 Å². The molecular formula is C12H17BrN2O. The average Bonchev–Trinajstić information content (AvgIpc) is 2.16. The first-order valence-corrected chi connectivity index (χ1v) is 6.29. The summed E-state index contributed by atoms with van der Waals surface area (Å²) in [6.07, 6.45) is 2.54. The van der Waals surface area contributed by atoms with Gasteiger partial charge in [-0.15, -0.1) is 0 Å². The van der Waals surface area contributed by atoms with E-state index in [1.165, 1.54) is 0 Å². The molecule has 4 heteroatoms. The average molecular weight is 285 g/mol. The lowest BCUT2D eigenvalue weighted by Crippen LogP contribution is -2.34. The third-order valence-electron chi connectivity index (χ3n) is 2.28. The number of pyridine rings is 1. The van der Waals surface area contributed by atoms with Crippen LogP contribution < -0.4 is 5.32 Å². The normalized spacial score (nSPS) is 14.2. The molecule has 88 valence electrons. The maximum Gasteiger partial charge on any atom is 0.270 e. The number of alkyl halides is 1. The van der Waals surface area contributed by atoms with Crippen molar-refractivity contribution in [3.05, 3.63) is 29.6 Å². The molecule has 0 fully saturated rings. The summed E-state index contributed by atoms with van der Waals surface area (Å²) in [7, 11) is 0. The molecule has 0 aliphatic carbocycles. The molecule has 2 atom stereocenters. The first kappa shape index (κ1) is 13.2. The molecule has 0 saturated carbocycles. The van der Waals surface area contributed by atoms with Crippen LogP contribution in [-0.4, -0.2) is 21.8 Å². The van der Waals surface area contributed by atoms with Crippen molar-refractivity contribution in [2.75, 3.05) is 0 Å². The van der Waals surface area contributed by atoms with Crippen LogP contribution in [0.5, 0.6) is 0 Å². The Bertz CT molecular complexity index is 366. The third-order valence-corrected chi connectivity index (χ3v) is 2.65. The minimum absolute atomic E-state index is 0.0984. The van der Waals surface area contributed by atoms with Gasteiger partial charge in [0.2, 0.25) is 0 Å². The van der Waals surface area contributed by atoms with E-state index < -0.39 is 0 Å². The van der Waals surface area contributed by atoms with Crippen LogP contribution in [-0.2, 0) is 0 Å². The SMILES string of the molecule is Cc1cccnc1C(=O)NC(C)CC(C)Br. The van der Waals surface area contributed by atoms with Gasteiger partial charge in [0.05, 0.1) is 0 Å². The largest absolute Gasteiger partial charge is 0.348 e. The molecular weight excluding hydrogens is 268 g/mol. The zero-order valence-corrected chi connectivity index (χ0v) is 11.4. The number of hydrogen-bond acceptors (Lipinski definition) is 2. The Balaban J connectivity index is 2.63. The number of nitrogens with zero attached hydrogens (tertiary/aromatic N) is 1. The van der Waals surface area contributed by atoms with Crippen molar-refractivity contribution in [3.8, 4) is 0 Å². The summed E-state index contributed by atoms with van der Waals surface area (Å²) in [5.41, 5.74) is 1.41. The van der Waals surface area contributed by atoms with Gasteiger partial charge < -0.3 is 5.32 Å². The molecule has 16 heavy (non-hydrogen) atoms. The number of halogens is 1. The van der Waals surface area contributed by atoms with Crippen molar-refractivity contribution in [2.24, 2.45) is 0 Å². The lowest BCUT2D eigenvalue weighted by molar-refractivity contribution is 0.0933. The van der Waals surface area contributed by atoms with E-state index in [9.17, 15) is 4.79 Å². The highest BCUT2D eigenvalue weighted by atomic mass is 79.9. The second kappa shape index (κ2) is 5.99. The lowest BCUT2D eigenvalue weighted by atomic mass is 10.1. The van der Waals surface area contributed by atoms with Gasteiger partial charge in [-0.1, -0.05) is 28.9 Å². The van der Waals surface area contributed by atoms with Gasteiger partial charge in [0.15, 0.2) is 0 Å². The third kappa shape index (κ3) is 3.93. The Kier molecular flexibility index (Phi) is 4.93. The maximum atomic E-state index is 11.9. The number of aryl methyl sites for hydroxylation is 1. The number of carbonyl (C=O) groups is 1. The Hall–Kier alpha value is -0.900. The van der Waals surface area contributed by atoms with Gasteiger partial charge in [-0.3, -0.25) is 9.78 Å². The standard InChI is InChI=1S/C12H17BrN2O/c1-8-5-4-6-14-11(8)12(16)15-10(3)7-9(2)13/h4-6,9-10H,7H2,1-3H3,(H,15,16). The van der Waals surface area contributed by atoms with Crippen LogP contribution in [0.15, 0.2) is 18.3 Å². The number of amides is 1. The highest BCUT2D eigenvalue weighted by Crippen LogP contribution is 2.08. The van der Waals surface area contributed by atoms with Gasteiger partial charge in [-0.05, 0) is 31.9 Å². The van der Waals surface area contributed by atoms with Crippen LogP contribution in [0.1, 0.15) is 36.3 Å². The molecule has 2 unspecified atom stereocenters. The van der Waals surface area contributed by atoms with Gasteiger partial charge in [-0.2, -0.15) is 0 Å². The van der Waals surface area contributed by atoms with E-state index in [-0.39, 0.29) is 11.9 Å². The number of aromatic nitrogens is 1. The highest BCUT2D eigenvalue weighted by Gasteiger charge is 2.13. The molecule has 0 radical (unpaired) electrons. The summed E-state index contributed by atoms with van der Waals surface area (Å²) in [6.45, 7) is 5.95. The monoisotopic (exact) mass is 284 g/mol. The van der Waals surface area contributed by atoms with E-state index in [0.29, 0.717) is 10.5 Å². The van der Waals surface area contributed by atoms with Gasteiger partial charge in [-0.25, -0.2) is 0 Å². The van der Waals surface area contributed by atoms with E-state index in [2.05, 4.69) is 33.2 Å². The molecule has 0 aromatic carbocycles. The molecule has 1 aromatic heterocycles. The highest BCUT2D eigenvalue weighted by molar-refractivity contribution is 9.09. The molecule has 1 rings (SSSR count). The molecule has 0 spiro atoms. The summed E-state index contributed by atoms with van der Waals surface area (Å²) in [5.74, 6) is -0.0984. The fraction of sp³-hybridized carbons (Fsp3) is 0.500. The summed E-state index contributed by atoms with van der Waals surface area (Å²) < 4.78 is 0. The quantitative estimate of drug-likeness (QED) is 0.864. The van der Waals surface area contributed by atoms with Gasteiger partial charge in [0, 0.05) is 17.1 Å². The summed E-state index contributed by atoms with van der Waals surface area (Å²) >= 11 is 3.47. The molecule has 0 aliphatic rings. The molecule has 1 amide bonds. The van der Waals surface area contributed by atoms with Crippen LogP contribution >= 0.6 is 15.9 Å². The predicted octanol–water partition coefficient (Wildman–Crippen LogP) is 2.68. The molecule has 0 saturated heterocycles. The fourth-order valence-corrected chi connectivity index (χ4v) is 2.12. The molecule has 3 nitrogen and oxygen atoms in total. The molecule has 0 bridgehead atoms. The van der Waals surface area contributed by atoms with Crippen LogP contribution in [0.2, 0.25) is 0 Å². The van der Waals surface area contributed by atoms with Crippen molar-refractivity contribution in [2.45, 2.75) is 38.1 Å². The van der Waals surface area contributed by atoms with Crippen molar-refractivity contribution in [1.82, 2.24) is 10.3 Å². The number of hydrogen-bond donors (Lipinski definition) is 1. The zero-order chi connectivity index (χ0) is 12.1. The summed E-state index contributed by atoms with van der Waals surface area (Å²) in [6, 6.07) is 3.86. The maximum absolute atomic E-state index is 11.9. The van der Waals surface area contributed by atoms with Gasteiger partial charge in [0.1, 0.15) is 5.69 Å². The molecule has 0 aliphatic heterocycles. The smallest absolute Gasteiger partial charge is 0.270 e.